The van der Waals surface area contributed by atoms with Gasteiger partial charge in [-0.3, -0.25) is 0 Å². The number of rotatable bonds is 11. The predicted molar refractivity (Wildman–Crippen MR) is 218 cm³/mol. The Morgan fingerprint density at radius 1 is 0.518 bits per heavy atom. The molecule has 0 radical (unpaired) electrons. The van der Waals surface area contributed by atoms with Crippen molar-refractivity contribution in [3.05, 3.63) is 93.0 Å². The van der Waals surface area contributed by atoms with Crippen LogP contribution in [0.2, 0.25) is 0 Å². The number of hydrogen-bond donors (Lipinski definition) is 0. The number of carbonyl (C=O) groups is 2. The monoisotopic (exact) mass is 758 g/mol. The third-order valence-corrected chi connectivity index (χ3v) is 15.9. The lowest BCUT2D eigenvalue weighted by Gasteiger charge is -2.59. The molecular weight excluding hydrogens is 697 g/mol. The highest BCUT2D eigenvalue weighted by molar-refractivity contribution is 5.72. The van der Waals surface area contributed by atoms with Crippen molar-refractivity contribution in [3.8, 4) is 11.5 Å². The number of aryl methyl sites for hydroxylation is 5. The third kappa shape index (κ3) is 6.75. The SMILES string of the molecule is Cc1ccc(C(c2cc(C)c(OCC(=O)OC3(C)C4CC5CC(C4)CC3C5)c(C)c2)c2cc(C)c(OCC(=O)OC3(C)C4CC5CC(C4)CC3C5)c(C)c2)cc1. The Balaban J connectivity index is 0.905. The summed E-state index contributed by atoms with van der Waals surface area (Å²) in [6.45, 7) is 14.6. The summed E-state index contributed by atoms with van der Waals surface area (Å²) in [6, 6.07) is 17.6. The maximum atomic E-state index is 13.4. The Bertz CT molecular complexity index is 1780. The minimum atomic E-state index is -0.365. The molecule has 6 heteroatoms. The minimum absolute atomic E-state index is 0.0443. The van der Waals surface area contributed by atoms with Gasteiger partial charge >= 0.3 is 11.9 Å². The highest BCUT2D eigenvalue weighted by Crippen LogP contribution is 2.60. The molecule has 0 spiro atoms. The van der Waals surface area contributed by atoms with E-state index in [4.69, 9.17) is 18.9 Å². The Kier molecular flexibility index (Phi) is 9.60. The molecule has 3 aromatic rings. The quantitative estimate of drug-likeness (QED) is 0.143. The van der Waals surface area contributed by atoms with Crippen molar-refractivity contribution in [3.63, 3.8) is 0 Å². The van der Waals surface area contributed by atoms with Crippen molar-refractivity contribution in [2.24, 2.45) is 47.3 Å². The highest BCUT2D eigenvalue weighted by atomic mass is 16.6. The largest absolute Gasteiger partial charge is 0.481 e. The van der Waals surface area contributed by atoms with Crippen LogP contribution in [0, 0.1) is 82.0 Å². The van der Waals surface area contributed by atoms with Gasteiger partial charge < -0.3 is 18.9 Å². The summed E-state index contributed by atoms with van der Waals surface area (Å²) in [7, 11) is 0. The molecule has 8 bridgehead atoms. The van der Waals surface area contributed by atoms with Crippen LogP contribution in [0.15, 0.2) is 48.5 Å². The van der Waals surface area contributed by atoms with Crippen LogP contribution in [-0.4, -0.2) is 36.4 Å². The number of esters is 2. The Hall–Kier alpha value is -3.80. The van der Waals surface area contributed by atoms with Gasteiger partial charge in [-0.2, -0.15) is 0 Å². The lowest BCUT2D eigenvalue weighted by atomic mass is 9.50. The van der Waals surface area contributed by atoms with Gasteiger partial charge in [-0.15, -0.1) is 0 Å². The van der Waals surface area contributed by atoms with Crippen LogP contribution in [0.1, 0.15) is 128 Å². The van der Waals surface area contributed by atoms with Crippen LogP contribution in [0.5, 0.6) is 11.5 Å². The maximum absolute atomic E-state index is 13.4. The van der Waals surface area contributed by atoms with Crippen LogP contribution in [0.25, 0.3) is 0 Å². The molecule has 0 heterocycles. The van der Waals surface area contributed by atoms with Crippen molar-refractivity contribution in [2.45, 2.75) is 130 Å². The summed E-state index contributed by atoms with van der Waals surface area (Å²) in [4.78, 5) is 26.7. The number of benzene rings is 3. The van der Waals surface area contributed by atoms with E-state index in [0.717, 1.165) is 68.6 Å². The van der Waals surface area contributed by atoms with Crippen LogP contribution >= 0.6 is 0 Å². The Labute approximate surface area is 334 Å². The molecule has 3 aromatic carbocycles. The molecule has 0 aliphatic heterocycles. The normalized spacial score (nSPS) is 34.0. The summed E-state index contributed by atoms with van der Waals surface area (Å²) in [5.74, 6) is 6.13. The van der Waals surface area contributed by atoms with Gasteiger partial charge in [0.15, 0.2) is 13.2 Å². The van der Waals surface area contributed by atoms with Gasteiger partial charge in [0, 0.05) is 5.92 Å². The Morgan fingerprint density at radius 3 is 1.16 bits per heavy atom. The molecule has 8 fully saturated rings. The zero-order valence-corrected chi connectivity index (χ0v) is 34.7. The molecule has 0 saturated heterocycles. The first-order valence-electron chi connectivity index (χ1n) is 21.7. The molecule has 0 atom stereocenters. The van der Waals surface area contributed by atoms with E-state index in [1.165, 1.54) is 75.3 Å². The molecule has 0 amide bonds. The third-order valence-electron chi connectivity index (χ3n) is 15.9. The molecule has 6 nitrogen and oxygen atoms in total. The number of carbonyl (C=O) groups excluding carboxylic acids is 2. The van der Waals surface area contributed by atoms with Crippen molar-refractivity contribution in [2.75, 3.05) is 13.2 Å². The smallest absolute Gasteiger partial charge is 0.344 e. The van der Waals surface area contributed by atoms with Gasteiger partial charge in [0.05, 0.1) is 0 Å². The summed E-state index contributed by atoms with van der Waals surface area (Å²) < 4.78 is 25.2. The second-order valence-corrected chi connectivity index (χ2v) is 19.8. The second kappa shape index (κ2) is 14.2. The number of hydrogen-bond acceptors (Lipinski definition) is 6. The van der Waals surface area contributed by atoms with E-state index in [1.807, 2.05) is 0 Å². The zero-order valence-electron chi connectivity index (χ0n) is 34.7. The van der Waals surface area contributed by atoms with Gasteiger partial charge in [-0.1, -0.05) is 54.1 Å². The number of ether oxygens (including phenoxy) is 4. The summed E-state index contributed by atoms with van der Waals surface area (Å²) >= 11 is 0. The van der Waals surface area contributed by atoms with E-state index in [2.05, 4.69) is 97.0 Å². The van der Waals surface area contributed by atoms with E-state index >= 15 is 0 Å². The fourth-order valence-electron chi connectivity index (χ4n) is 13.5. The van der Waals surface area contributed by atoms with E-state index in [9.17, 15) is 9.59 Å². The van der Waals surface area contributed by atoms with E-state index in [-0.39, 0.29) is 42.3 Å². The lowest BCUT2D eigenvalue weighted by molar-refractivity contribution is -0.205. The molecule has 298 valence electrons. The van der Waals surface area contributed by atoms with E-state index in [1.54, 1.807) is 0 Å². The van der Waals surface area contributed by atoms with Crippen LogP contribution in [-0.2, 0) is 19.1 Å². The molecule has 0 N–H and O–H groups in total. The molecule has 8 aliphatic rings. The first-order valence-corrected chi connectivity index (χ1v) is 21.7. The molecule has 11 rings (SSSR count). The standard InChI is InChI=1S/C50H62O6/c1-28-8-10-37(11-9-28)46(38-12-29(2)47(30(3)13-38)53-26-44(51)55-49(6)40-18-33-16-34(20-40)21-41(49)19-33)39-14-31(4)48(32(5)15-39)54-27-45(52)56-50(7)42-22-35-17-36(24-42)25-43(50)23-35/h8-15,33-36,40-43,46H,16-27H2,1-7H3. The van der Waals surface area contributed by atoms with E-state index < -0.39 is 0 Å². The second-order valence-electron chi connectivity index (χ2n) is 19.8. The zero-order chi connectivity index (χ0) is 39.1. The average molecular weight is 759 g/mol. The van der Waals surface area contributed by atoms with Gasteiger partial charge in [-0.05, 0) is 199 Å². The van der Waals surface area contributed by atoms with Crippen LogP contribution in [0.3, 0.4) is 0 Å². The molecule has 0 unspecified atom stereocenters. The first kappa shape index (κ1) is 37.8. The predicted octanol–water partition coefficient (Wildman–Crippen LogP) is 10.7. The topological polar surface area (TPSA) is 71.1 Å². The van der Waals surface area contributed by atoms with Crippen molar-refractivity contribution in [1.82, 2.24) is 0 Å². The van der Waals surface area contributed by atoms with Crippen molar-refractivity contribution in [1.29, 1.82) is 0 Å². The fourth-order valence-corrected chi connectivity index (χ4v) is 13.5. The summed E-state index contributed by atoms with van der Waals surface area (Å²) in [6.07, 6.45) is 12.3. The molecule has 0 aromatic heterocycles. The van der Waals surface area contributed by atoms with Gasteiger partial charge in [-0.25, -0.2) is 9.59 Å². The van der Waals surface area contributed by atoms with Crippen molar-refractivity contribution < 1.29 is 28.5 Å². The van der Waals surface area contributed by atoms with Crippen molar-refractivity contribution >= 4 is 11.9 Å². The fraction of sp³-hybridized carbons (Fsp3) is 0.600. The van der Waals surface area contributed by atoms with Crippen LogP contribution in [0.4, 0.5) is 0 Å². The van der Waals surface area contributed by atoms with E-state index in [0.29, 0.717) is 23.7 Å². The average Bonchev–Trinajstić information content (AvgIpc) is 3.13. The molecule has 56 heavy (non-hydrogen) atoms. The Morgan fingerprint density at radius 2 is 0.839 bits per heavy atom. The first-order chi connectivity index (χ1) is 26.8. The summed E-state index contributed by atoms with van der Waals surface area (Å²) in [5, 5.41) is 0. The van der Waals surface area contributed by atoms with Gasteiger partial charge in [0.25, 0.3) is 0 Å². The molecular formula is C50H62O6. The molecule has 8 aliphatic carbocycles. The summed E-state index contributed by atoms with van der Waals surface area (Å²) in [5.41, 5.74) is 7.94. The lowest BCUT2D eigenvalue weighted by Crippen LogP contribution is -2.58. The van der Waals surface area contributed by atoms with Gasteiger partial charge in [0.1, 0.15) is 22.7 Å². The highest BCUT2D eigenvalue weighted by Gasteiger charge is 2.58. The maximum Gasteiger partial charge on any atom is 0.344 e. The minimum Gasteiger partial charge on any atom is -0.481 e. The van der Waals surface area contributed by atoms with Gasteiger partial charge in [0.2, 0.25) is 0 Å². The van der Waals surface area contributed by atoms with Crippen LogP contribution < -0.4 is 9.47 Å². The molecule has 8 saturated carbocycles.